The fourth-order valence-electron chi connectivity index (χ4n) is 3.84. The predicted octanol–water partition coefficient (Wildman–Crippen LogP) is 6.54. The van der Waals surface area contributed by atoms with Crippen molar-refractivity contribution >= 4 is 31.5 Å². The SMILES string of the molecule is Cc1cccc(-c2c(-c3ccc4ncc(NC(=O)OC(C)(C)C)cc4c3)ncn2COCC[Si](C)C)n1. The molecule has 3 aromatic heterocycles. The average Bonchev–Trinajstić information content (AvgIpc) is 3.24. The highest BCUT2D eigenvalue weighted by atomic mass is 28.3. The number of anilines is 1. The Morgan fingerprint density at radius 1 is 1.11 bits per heavy atom. The topological polar surface area (TPSA) is 91.2 Å². The van der Waals surface area contributed by atoms with Gasteiger partial charge in [-0.1, -0.05) is 25.2 Å². The zero-order valence-electron chi connectivity index (χ0n) is 22.3. The average molecular weight is 517 g/mol. The van der Waals surface area contributed by atoms with Gasteiger partial charge in [-0.25, -0.2) is 9.78 Å². The van der Waals surface area contributed by atoms with Gasteiger partial charge in [-0.15, -0.1) is 0 Å². The fourth-order valence-corrected chi connectivity index (χ4v) is 4.40. The normalized spacial score (nSPS) is 11.8. The molecule has 4 aromatic rings. The smallest absolute Gasteiger partial charge is 0.412 e. The Labute approximate surface area is 219 Å². The Kier molecular flexibility index (Phi) is 8.04. The van der Waals surface area contributed by atoms with E-state index < -0.39 is 11.7 Å². The molecule has 0 bridgehead atoms. The van der Waals surface area contributed by atoms with Crippen LogP contribution < -0.4 is 5.32 Å². The number of fused-ring (bicyclic) bond motifs is 1. The van der Waals surface area contributed by atoms with Crippen molar-refractivity contribution in [3.8, 4) is 22.6 Å². The summed E-state index contributed by atoms with van der Waals surface area (Å²) < 4.78 is 13.4. The predicted molar refractivity (Wildman–Crippen MR) is 149 cm³/mol. The lowest BCUT2D eigenvalue weighted by Gasteiger charge is -2.19. The van der Waals surface area contributed by atoms with Crippen LogP contribution in [0.25, 0.3) is 33.5 Å². The number of nitrogens with one attached hydrogen (secondary N) is 1. The lowest BCUT2D eigenvalue weighted by molar-refractivity contribution is 0.0636. The van der Waals surface area contributed by atoms with E-state index in [0.717, 1.165) is 51.9 Å². The first-order valence-electron chi connectivity index (χ1n) is 12.4. The molecular weight excluding hydrogens is 482 g/mol. The van der Waals surface area contributed by atoms with Crippen molar-refractivity contribution in [3.05, 3.63) is 60.7 Å². The third-order valence-corrected chi connectivity index (χ3v) is 6.75. The quantitative estimate of drug-likeness (QED) is 0.211. The van der Waals surface area contributed by atoms with E-state index in [0.29, 0.717) is 12.4 Å². The van der Waals surface area contributed by atoms with Gasteiger partial charge in [0.2, 0.25) is 0 Å². The second-order valence-corrected chi connectivity index (χ2v) is 13.2. The lowest BCUT2D eigenvalue weighted by Crippen LogP contribution is -2.27. The number of hydrogen-bond acceptors (Lipinski definition) is 6. The second kappa shape index (κ2) is 11.2. The van der Waals surface area contributed by atoms with Gasteiger partial charge in [-0.3, -0.25) is 15.3 Å². The van der Waals surface area contributed by atoms with Crippen LogP contribution in [0.5, 0.6) is 0 Å². The van der Waals surface area contributed by atoms with Crippen LogP contribution in [0, 0.1) is 6.92 Å². The molecule has 1 aromatic carbocycles. The van der Waals surface area contributed by atoms with Crippen LogP contribution in [0.4, 0.5) is 10.5 Å². The minimum absolute atomic E-state index is 0.336. The van der Waals surface area contributed by atoms with Crippen molar-refractivity contribution in [2.45, 2.75) is 59.2 Å². The molecule has 0 aliphatic rings. The number of amides is 1. The third-order valence-electron chi connectivity index (χ3n) is 5.55. The number of hydrogen-bond donors (Lipinski definition) is 1. The summed E-state index contributed by atoms with van der Waals surface area (Å²) in [6, 6.07) is 14.9. The lowest BCUT2D eigenvalue weighted by atomic mass is 10.0. The molecule has 1 amide bonds. The summed E-state index contributed by atoms with van der Waals surface area (Å²) in [5.41, 5.74) is 5.20. The maximum absolute atomic E-state index is 12.2. The van der Waals surface area contributed by atoms with Gasteiger partial charge in [0.15, 0.2) is 0 Å². The standard InChI is InChI=1S/C28H34N5O3Si/c1-19-8-7-9-24(31-19)26-25(30-17-33(26)18-35-12-13-37(5)6)20-10-11-23-21(14-20)15-22(16-29-23)32-27(34)36-28(2,3)4/h7-11,14-17H,12-13,18H2,1-6H3,(H,32,34). The number of carbonyl (C=O) groups is 1. The van der Waals surface area contributed by atoms with Crippen LogP contribution >= 0.6 is 0 Å². The first-order valence-corrected chi connectivity index (χ1v) is 15.1. The maximum Gasteiger partial charge on any atom is 0.412 e. The number of rotatable bonds is 8. The Balaban J connectivity index is 1.68. The van der Waals surface area contributed by atoms with Gasteiger partial charge in [0, 0.05) is 32.0 Å². The van der Waals surface area contributed by atoms with Gasteiger partial charge in [0.05, 0.1) is 40.8 Å². The molecule has 4 rings (SSSR count). The van der Waals surface area contributed by atoms with Crippen molar-refractivity contribution in [2.24, 2.45) is 0 Å². The summed E-state index contributed by atoms with van der Waals surface area (Å²) in [5.74, 6) is 0. The van der Waals surface area contributed by atoms with Gasteiger partial charge in [0.1, 0.15) is 12.3 Å². The monoisotopic (exact) mass is 516 g/mol. The molecule has 0 aliphatic heterocycles. The summed E-state index contributed by atoms with van der Waals surface area (Å²) in [7, 11) is -0.336. The van der Waals surface area contributed by atoms with E-state index in [-0.39, 0.29) is 8.80 Å². The molecular formula is C28H34N5O3Si. The number of imidazole rings is 1. The molecule has 1 radical (unpaired) electrons. The number of aryl methyl sites for hydroxylation is 1. The van der Waals surface area contributed by atoms with Crippen molar-refractivity contribution in [1.29, 1.82) is 0 Å². The summed E-state index contributed by atoms with van der Waals surface area (Å²) in [6.45, 7) is 13.2. The molecule has 9 heteroatoms. The first-order chi connectivity index (χ1) is 17.6. The van der Waals surface area contributed by atoms with Crippen LogP contribution in [-0.2, 0) is 16.2 Å². The van der Waals surface area contributed by atoms with Crippen LogP contribution in [0.3, 0.4) is 0 Å². The van der Waals surface area contributed by atoms with E-state index >= 15 is 0 Å². The van der Waals surface area contributed by atoms with Crippen molar-refractivity contribution in [3.63, 3.8) is 0 Å². The Morgan fingerprint density at radius 3 is 2.65 bits per heavy atom. The molecule has 0 aliphatic carbocycles. The summed E-state index contributed by atoms with van der Waals surface area (Å²) >= 11 is 0. The minimum atomic E-state index is -0.583. The van der Waals surface area contributed by atoms with Crippen LogP contribution in [0.2, 0.25) is 19.1 Å². The number of aromatic nitrogens is 4. The Morgan fingerprint density at radius 2 is 1.92 bits per heavy atom. The molecule has 193 valence electrons. The Bertz CT molecular complexity index is 1390. The fraction of sp³-hybridized carbons (Fsp3) is 0.357. The van der Waals surface area contributed by atoms with E-state index in [1.165, 1.54) is 0 Å². The van der Waals surface area contributed by atoms with Gasteiger partial charge < -0.3 is 14.0 Å². The van der Waals surface area contributed by atoms with E-state index in [2.05, 4.69) is 23.4 Å². The van der Waals surface area contributed by atoms with E-state index in [4.69, 9.17) is 19.4 Å². The molecule has 0 atom stereocenters. The highest BCUT2D eigenvalue weighted by molar-refractivity contribution is 6.55. The minimum Gasteiger partial charge on any atom is -0.444 e. The zero-order chi connectivity index (χ0) is 26.6. The molecule has 0 saturated carbocycles. The zero-order valence-corrected chi connectivity index (χ0v) is 23.3. The molecule has 8 nitrogen and oxygen atoms in total. The van der Waals surface area contributed by atoms with Crippen molar-refractivity contribution in [2.75, 3.05) is 11.9 Å². The van der Waals surface area contributed by atoms with Crippen molar-refractivity contribution in [1.82, 2.24) is 19.5 Å². The second-order valence-electron chi connectivity index (χ2n) is 10.3. The molecule has 0 saturated heterocycles. The third kappa shape index (κ3) is 7.02. The van der Waals surface area contributed by atoms with E-state index in [9.17, 15) is 4.79 Å². The highest BCUT2D eigenvalue weighted by Gasteiger charge is 2.18. The number of pyridine rings is 2. The molecule has 1 N–H and O–H groups in total. The van der Waals surface area contributed by atoms with E-state index in [1.807, 2.05) is 74.7 Å². The summed E-state index contributed by atoms with van der Waals surface area (Å²) in [6.07, 6.45) is 2.91. The van der Waals surface area contributed by atoms with Crippen LogP contribution in [-0.4, -0.2) is 46.6 Å². The maximum atomic E-state index is 12.2. The molecule has 0 spiro atoms. The van der Waals surface area contributed by atoms with Crippen LogP contribution in [0.1, 0.15) is 26.5 Å². The van der Waals surface area contributed by atoms with E-state index in [1.54, 1.807) is 12.5 Å². The molecule has 0 unspecified atom stereocenters. The number of ether oxygens (including phenoxy) is 2. The molecule has 3 heterocycles. The Hall–Kier alpha value is -3.56. The summed E-state index contributed by atoms with van der Waals surface area (Å²) in [4.78, 5) is 26.3. The summed E-state index contributed by atoms with van der Waals surface area (Å²) in [5, 5.41) is 3.64. The van der Waals surface area contributed by atoms with Gasteiger partial charge in [0.25, 0.3) is 0 Å². The highest BCUT2D eigenvalue weighted by Crippen LogP contribution is 2.32. The van der Waals surface area contributed by atoms with Crippen LogP contribution in [0.15, 0.2) is 55.0 Å². The van der Waals surface area contributed by atoms with Gasteiger partial charge in [-0.05, 0) is 64.1 Å². The molecule has 0 fully saturated rings. The largest absolute Gasteiger partial charge is 0.444 e. The molecule has 37 heavy (non-hydrogen) atoms. The number of nitrogens with zero attached hydrogens (tertiary/aromatic N) is 4. The number of carbonyl (C=O) groups excluding carboxylic acids is 1. The van der Waals surface area contributed by atoms with Gasteiger partial charge in [-0.2, -0.15) is 0 Å². The van der Waals surface area contributed by atoms with Crippen molar-refractivity contribution < 1.29 is 14.3 Å². The number of benzene rings is 1. The first kappa shape index (κ1) is 26.5. The van der Waals surface area contributed by atoms with Gasteiger partial charge >= 0.3 is 6.09 Å².